The van der Waals surface area contributed by atoms with Gasteiger partial charge in [-0.3, -0.25) is 4.79 Å². The third-order valence-electron chi connectivity index (χ3n) is 5.48. The van der Waals surface area contributed by atoms with Gasteiger partial charge in [-0.2, -0.15) is 17.5 Å². The summed E-state index contributed by atoms with van der Waals surface area (Å²) in [6, 6.07) is 17.3. The highest BCUT2D eigenvalue weighted by atomic mass is 32.2. The molecule has 3 aromatic rings. The molecule has 1 aliphatic heterocycles. The van der Waals surface area contributed by atoms with Crippen molar-refractivity contribution in [3.63, 3.8) is 0 Å². The molecule has 0 bridgehead atoms. The predicted octanol–water partition coefficient (Wildman–Crippen LogP) is 3.77. The van der Waals surface area contributed by atoms with Gasteiger partial charge >= 0.3 is 6.18 Å². The summed E-state index contributed by atoms with van der Waals surface area (Å²) in [5.41, 5.74) is -1.20. The van der Waals surface area contributed by atoms with Crippen LogP contribution in [-0.4, -0.2) is 56.3 Å². The third kappa shape index (κ3) is 4.96. The molecular formula is C23H21F3N2O4S. The molecule has 0 aliphatic carbocycles. The topological polar surface area (TPSA) is 66.9 Å². The smallest absolute Gasteiger partial charge is 0.417 e. The number of nitrogens with zero attached hydrogens (tertiary/aromatic N) is 2. The second-order valence-electron chi connectivity index (χ2n) is 7.58. The fourth-order valence-electron chi connectivity index (χ4n) is 3.74. The van der Waals surface area contributed by atoms with Crippen molar-refractivity contribution in [2.45, 2.75) is 11.1 Å². The fourth-order valence-corrected chi connectivity index (χ4v) is 5.37. The molecule has 0 saturated carbocycles. The van der Waals surface area contributed by atoms with Crippen LogP contribution in [0.3, 0.4) is 0 Å². The highest BCUT2D eigenvalue weighted by Gasteiger charge is 2.39. The zero-order valence-electron chi connectivity index (χ0n) is 17.5. The van der Waals surface area contributed by atoms with Crippen molar-refractivity contribution < 1.29 is 31.1 Å². The van der Waals surface area contributed by atoms with Gasteiger partial charge in [-0.25, -0.2) is 8.42 Å². The number of piperazine rings is 1. The number of hydrogen-bond acceptors (Lipinski definition) is 4. The van der Waals surface area contributed by atoms with Crippen molar-refractivity contribution >= 4 is 26.7 Å². The zero-order valence-corrected chi connectivity index (χ0v) is 18.3. The van der Waals surface area contributed by atoms with Crippen molar-refractivity contribution in [2.24, 2.45) is 0 Å². The normalized spacial score (nSPS) is 15.5. The van der Waals surface area contributed by atoms with E-state index >= 15 is 0 Å². The highest BCUT2D eigenvalue weighted by molar-refractivity contribution is 7.89. The third-order valence-corrected chi connectivity index (χ3v) is 7.44. The Morgan fingerprint density at radius 3 is 2.21 bits per heavy atom. The summed E-state index contributed by atoms with van der Waals surface area (Å²) in [5, 5.41) is 2.01. The average molecular weight is 478 g/mol. The van der Waals surface area contributed by atoms with Gasteiger partial charge in [-0.1, -0.05) is 42.5 Å². The number of sulfonamides is 1. The number of alkyl halides is 3. The highest BCUT2D eigenvalue weighted by Crippen LogP contribution is 2.35. The molecule has 0 unspecified atom stereocenters. The van der Waals surface area contributed by atoms with Crippen LogP contribution in [-0.2, 0) is 21.0 Å². The summed E-state index contributed by atoms with van der Waals surface area (Å²) in [5.74, 6) is 0.211. The van der Waals surface area contributed by atoms with E-state index in [9.17, 15) is 26.4 Å². The van der Waals surface area contributed by atoms with Gasteiger partial charge < -0.3 is 9.64 Å². The van der Waals surface area contributed by atoms with Gasteiger partial charge in [0.15, 0.2) is 6.61 Å². The van der Waals surface area contributed by atoms with E-state index in [0.717, 1.165) is 33.3 Å². The Kier molecular flexibility index (Phi) is 6.31. The zero-order chi connectivity index (χ0) is 23.6. The number of rotatable bonds is 5. The number of hydrogen-bond donors (Lipinski definition) is 0. The number of amides is 1. The second kappa shape index (κ2) is 9.03. The van der Waals surface area contributed by atoms with E-state index in [1.807, 2.05) is 36.4 Å². The van der Waals surface area contributed by atoms with E-state index in [1.165, 1.54) is 11.0 Å². The molecule has 0 spiro atoms. The molecule has 0 radical (unpaired) electrons. The molecule has 1 aliphatic rings. The standard InChI is InChI=1S/C23H21F3N2O4S/c24-23(25,26)20-7-3-4-8-21(20)33(30,31)28-13-11-27(12-14-28)22(29)16-32-19-10-9-17-5-1-2-6-18(17)15-19/h1-10,15H,11-14,16H2. The predicted molar refractivity (Wildman–Crippen MR) is 116 cm³/mol. The lowest BCUT2D eigenvalue weighted by Gasteiger charge is -2.34. The van der Waals surface area contributed by atoms with Gasteiger partial charge in [0.2, 0.25) is 10.0 Å². The molecule has 0 aromatic heterocycles. The maximum absolute atomic E-state index is 13.3. The summed E-state index contributed by atoms with van der Waals surface area (Å²) in [6.45, 7) is -0.296. The minimum atomic E-state index is -4.79. The minimum absolute atomic E-state index is 0.0628. The van der Waals surface area contributed by atoms with Crippen LogP contribution in [0.5, 0.6) is 5.75 Å². The van der Waals surface area contributed by atoms with E-state index in [-0.39, 0.29) is 38.7 Å². The Balaban J connectivity index is 1.37. The van der Waals surface area contributed by atoms with E-state index in [4.69, 9.17) is 4.74 Å². The van der Waals surface area contributed by atoms with Gasteiger partial charge in [0.1, 0.15) is 5.75 Å². The van der Waals surface area contributed by atoms with Gasteiger partial charge in [0, 0.05) is 26.2 Å². The van der Waals surface area contributed by atoms with Crippen LogP contribution in [0.25, 0.3) is 10.8 Å². The lowest BCUT2D eigenvalue weighted by atomic mass is 10.1. The van der Waals surface area contributed by atoms with Crippen molar-refractivity contribution in [1.82, 2.24) is 9.21 Å². The summed E-state index contributed by atoms with van der Waals surface area (Å²) in [6.07, 6.45) is -4.79. The molecule has 1 fully saturated rings. The lowest BCUT2D eigenvalue weighted by molar-refractivity contribution is -0.139. The summed E-state index contributed by atoms with van der Waals surface area (Å²) < 4.78 is 72.1. The fraction of sp³-hybridized carbons (Fsp3) is 0.261. The van der Waals surface area contributed by atoms with E-state index in [2.05, 4.69) is 0 Å². The molecule has 10 heteroatoms. The number of carbonyl (C=O) groups is 1. The Morgan fingerprint density at radius 1 is 0.879 bits per heavy atom. The maximum atomic E-state index is 13.3. The summed E-state index contributed by atoms with van der Waals surface area (Å²) >= 11 is 0. The Hall–Kier alpha value is -3.11. The SMILES string of the molecule is O=C(COc1ccc2ccccc2c1)N1CCN(S(=O)(=O)c2ccccc2C(F)(F)F)CC1. The Morgan fingerprint density at radius 2 is 1.52 bits per heavy atom. The molecule has 1 amide bonds. The number of halogens is 3. The quantitative estimate of drug-likeness (QED) is 0.560. The monoisotopic (exact) mass is 478 g/mol. The number of ether oxygens (including phenoxy) is 1. The molecule has 33 heavy (non-hydrogen) atoms. The van der Waals surface area contributed by atoms with Crippen molar-refractivity contribution in [3.8, 4) is 5.75 Å². The van der Waals surface area contributed by atoms with Crippen molar-refractivity contribution in [3.05, 3.63) is 72.3 Å². The van der Waals surface area contributed by atoms with Crippen LogP contribution < -0.4 is 4.74 Å². The van der Waals surface area contributed by atoms with Crippen LogP contribution in [0, 0.1) is 0 Å². The first-order valence-corrected chi connectivity index (χ1v) is 11.7. The van der Waals surface area contributed by atoms with Crippen LogP contribution in [0.4, 0.5) is 13.2 Å². The van der Waals surface area contributed by atoms with Crippen LogP contribution >= 0.6 is 0 Å². The number of fused-ring (bicyclic) bond motifs is 1. The number of benzene rings is 3. The van der Waals surface area contributed by atoms with Crippen LogP contribution in [0.1, 0.15) is 5.56 Å². The van der Waals surface area contributed by atoms with Gasteiger partial charge in [-0.05, 0) is 35.0 Å². The molecule has 1 heterocycles. The first-order valence-electron chi connectivity index (χ1n) is 10.2. The summed E-state index contributed by atoms with van der Waals surface area (Å²) in [4.78, 5) is 13.2. The van der Waals surface area contributed by atoms with Crippen molar-refractivity contribution in [1.29, 1.82) is 0 Å². The molecule has 174 valence electrons. The summed E-state index contributed by atoms with van der Waals surface area (Å²) in [7, 11) is -4.36. The van der Waals surface area contributed by atoms with Gasteiger partial charge in [0.25, 0.3) is 5.91 Å². The average Bonchev–Trinajstić information content (AvgIpc) is 2.82. The molecule has 0 atom stereocenters. The minimum Gasteiger partial charge on any atom is -0.484 e. The van der Waals surface area contributed by atoms with Gasteiger partial charge in [-0.15, -0.1) is 0 Å². The van der Waals surface area contributed by atoms with Crippen LogP contribution in [0.2, 0.25) is 0 Å². The van der Waals surface area contributed by atoms with E-state index < -0.39 is 26.7 Å². The number of carbonyl (C=O) groups excluding carboxylic acids is 1. The first kappa shape index (κ1) is 23.1. The second-order valence-corrected chi connectivity index (χ2v) is 9.48. The Bertz CT molecular complexity index is 1270. The lowest BCUT2D eigenvalue weighted by Crippen LogP contribution is -2.51. The molecule has 4 rings (SSSR count). The van der Waals surface area contributed by atoms with Gasteiger partial charge in [0.05, 0.1) is 10.5 Å². The van der Waals surface area contributed by atoms with E-state index in [0.29, 0.717) is 5.75 Å². The largest absolute Gasteiger partial charge is 0.484 e. The van der Waals surface area contributed by atoms with Crippen LogP contribution in [0.15, 0.2) is 71.6 Å². The van der Waals surface area contributed by atoms with E-state index in [1.54, 1.807) is 6.07 Å². The molecule has 1 saturated heterocycles. The maximum Gasteiger partial charge on any atom is 0.417 e. The molecule has 6 nitrogen and oxygen atoms in total. The molecular weight excluding hydrogens is 457 g/mol. The molecule has 0 N–H and O–H groups in total. The first-order chi connectivity index (χ1) is 15.7. The Labute approximate surface area is 189 Å². The van der Waals surface area contributed by atoms with Crippen molar-refractivity contribution in [2.75, 3.05) is 32.8 Å². The molecule has 3 aromatic carbocycles.